The van der Waals surface area contributed by atoms with Crippen molar-refractivity contribution in [3.63, 3.8) is 0 Å². The number of nitrogens with zero attached hydrogens (tertiary/aromatic N) is 2. The maximum absolute atomic E-state index is 14.0. The van der Waals surface area contributed by atoms with E-state index in [9.17, 15) is 37.5 Å². The van der Waals surface area contributed by atoms with E-state index < -0.39 is 54.1 Å². The maximum Gasteiger partial charge on any atom is 0.416 e. The highest BCUT2D eigenvalue weighted by molar-refractivity contribution is 5.91. The average molecular weight is 664 g/mol. The van der Waals surface area contributed by atoms with Gasteiger partial charge in [0.05, 0.1) is 18.2 Å². The number of benzene rings is 3. The Hall–Kier alpha value is -4.97. The number of carboxylic acids is 1. The van der Waals surface area contributed by atoms with Gasteiger partial charge in [0.2, 0.25) is 11.8 Å². The van der Waals surface area contributed by atoms with E-state index in [2.05, 4.69) is 5.32 Å². The van der Waals surface area contributed by atoms with Gasteiger partial charge in [-0.1, -0.05) is 72.8 Å². The van der Waals surface area contributed by atoms with Crippen molar-refractivity contribution in [1.29, 1.82) is 0 Å². The summed E-state index contributed by atoms with van der Waals surface area (Å²) in [5, 5.41) is 12.3. The van der Waals surface area contributed by atoms with Gasteiger partial charge in [-0.25, -0.2) is 0 Å². The number of hydrogen-bond acceptors (Lipinski definition) is 6. The second-order valence-electron chi connectivity index (χ2n) is 11.9. The summed E-state index contributed by atoms with van der Waals surface area (Å²) in [6.07, 6.45) is -0.458. The summed E-state index contributed by atoms with van der Waals surface area (Å²) in [7, 11) is 1.29. The number of nitrogens with one attached hydrogen (secondary N) is 1. The molecule has 1 aliphatic carbocycles. The molecule has 3 aromatic carbocycles. The molecule has 5 rings (SSSR count). The molecule has 1 heterocycles. The fourth-order valence-corrected chi connectivity index (χ4v) is 6.25. The molecule has 48 heavy (non-hydrogen) atoms. The number of carbonyl (C=O) groups excluding carboxylic acids is 3. The van der Waals surface area contributed by atoms with Crippen molar-refractivity contribution in [2.45, 2.75) is 43.4 Å². The topological polar surface area (TPSA) is 116 Å². The Kier molecular flexibility index (Phi) is 10.6. The third-order valence-electron chi connectivity index (χ3n) is 8.64. The molecule has 1 aliphatic heterocycles. The summed E-state index contributed by atoms with van der Waals surface area (Å²) in [5.74, 6) is -3.14. The first-order valence-corrected chi connectivity index (χ1v) is 15.6. The number of rotatable bonds is 11. The van der Waals surface area contributed by atoms with Crippen molar-refractivity contribution in [3.8, 4) is 11.1 Å². The molecule has 0 saturated carbocycles. The smallest absolute Gasteiger partial charge is 0.416 e. The van der Waals surface area contributed by atoms with Gasteiger partial charge in [-0.3, -0.25) is 24.5 Å². The van der Waals surface area contributed by atoms with E-state index in [0.717, 1.165) is 39.3 Å². The lowest BCUT2D eigenvalue weighted by atomic mass is 9.98. The normalized spacial score (nSPS) is 17.5. The van der Waals surface area contributed by atoms with Crippen LogP contribution in [0.1, 0.15) is 41.0 Å². The lowest BCUT2D eigenvalue weighted by Gasteiger charge is -2.36. The van der Waals surface area contributed by atoms with Crippen LogP contribution in [0.15, 0.2) is 84.9 Å². The number of fused-ring (bicyclic) bond motifs is 3. The number of likely N-dealkylation sites (N-methyl/N-ethyl adjacent to an activating group) is 1. The van der Waals surface area contributed by atoms with Crippen molar-refractivity contribution >= 4 is 23.8 Å². The van der Waals surface area contributed by atoms with Gasteiger partial charge >= 0.3 is 18.1 Å². The second kappa shape index (κ2) is 14.8. The number of alkyl halides is 3. The van der Waals surface area contributed by atoms with Crippen LogP contribution in [0.5, 0.6) is 0 Å². The average Bonchev–Trinajstić information content (AvgIpc) is 3.37. The van der Waals surface area contributed by atoms with E-state index in [4.69, 9.17) is 4.74 Å². The zero-order valence-electron chi connectivity index (χ0n) is 26.3. The number of aliphatic carboxylic acids is 1. The van der Waals surface area contributed by atoms with Gasteiger partial charge in [0.25, 0.3) is 0 Å². The Morgan fingerprint density at radius 3 is 2.21 bits per heavy atom. The van der Waals surface area contributed by atoms with Crippen LogP contribution >= 0.6 is 0 Å². The van der Waals surface area contributed by atoms with E-state index in [1.54, 1.807) is 6.08 Å². The summed E-state index contributed by atoms with van der Waals surface area (Å²) >= 11 is 0. The van der Waals surface area contributed by atoms with Crippen LogP contribution in [0.2, 0.25) is 0 Å². The molecule has 2 aliphatic rings. The molecule has 0 saturated heterocycles. The quantitative estimate of drug-likeness (QED) is 0.227. The largest absolute Gasteiger partial charge is 0.480 e. The zero-order valence-corrected chi connectivity index (χ0v) is 26.3. The van der Waals surface area contributed by atoms with Gasteiger partial charge in [-0.2, -0.15) is 13.2 Å². The molecule has 3 aromatic rings. The number of carbonyl (C=O) groups is 4. The number of esters is 1. The highest BCUT2D eigenvalue weighted by Gasteiger charge is 2.37. The minimum atomic E-state index is -4.55. The fourth-order valence-electron chi connectivity index (χ4n) is 6.25. The maximum atomic E-state index is 14.0. The van der Waals surface area contributed by atoms with E-state index in [0.29, 0.717) is 12.0 Å². The lowest BCUT2D eigenvalue weighted by Crippen LogP contribution is -2.57. The molecule has 0 aromatic heterocycles. The van der Waals surface area contributed by atoms with E-state index in [1.165, 1.54) is 24.1 Å². The minimum Gasteiger partial charge on any atom is -0.480 e. The first-order valence-electron chi connectivity index (χ1n) is 15.6. The van der Waals surface area contributed by atoms with Gasteiger partial charge in [0.15, 0.2) is 0 Å². The van der Waals surface area contributed by atoms with Gasteiger partial charge < -0.3 is 19.6 Å². The van der Waals surface area contributed by atoms with Gasteiger partial charge in [-0.05, 0) is 52.8 Å². The number of ether oxygens (including phenoxy) is 1. The summed E-state index contributed by atoms with van der Waals surface area (Å²) in [5.41, 5.74) is 3.81. The van der Waals surface area contributed by atoms with Crippen LogP contribution in [-0.4, -0.2) is 84.0 Å². The third-order valence-corrected chi connectivity index (χ3v) is 8.64. The standard InChI is InChI=1S/C36H36F3N3O6/c1-41(21-32(43)44)35(47)31(19-23-14-16-24(17-15-23)36(37,38)39)42-18-8-2-3-13-30(34(42)46)40-20-33(45)48-22-29-27-11-6-4-9-25(27)26-10-5-7-12-28(26)29/h2-7,9-12,14-17,29-31,40H,8,13,18-22H2,1H3,(H,43,44)/b3-2-/t30-,31-/m0/s1. The highest BCUT2D eigenvalue weighted by Crippen LogP contribution is 2.44. The lowest BCUT2D eigenvalue weighted by molar-refractivity contribution is -0.150. The third kappa shape index (κ3) is 7.93. The molecule has 0 radical (unpaired) electrons. The number of halogens is 3. The highest BCUT2D eigenvalue weighted by atomic mass is 19.4. The molecule has 9 nitrogen and oxygen atoms in total. The van der Waals surface area contributed by atoms with Gasteiger partial charge in [0, 0.05) is 25.9 Å². The van der Waals surface area contributed by atoms with Crippen molar-refractivity contribution in [2.75, 3.05) is 33.3 Å². The van der Waals surface area contributed by atoms with Crippen LogP contribution < -0.4 is 5.32 Å². The first kappa shape index (κ1) is 34.4. The van der Waals surface area contributed by atoms with Crippen molar-refractivity contribution in [1.82, 2.24) is 15.1 Å². The summed E-state index contributed by atoms with van der Waals surface area (Å²) < 4.78 is 45.2. The molecule has 252 valence electrons. The Morgan fingerprint density at radius 1 is 0.979 bits per heavy atom. The number of hydrogen-bond donors (Lipinski definition) is 2. The second-order valence-corrected chi connectivity index (χ2v) is 11.9. The van der Waals surface area contributed by atoms with E-state index in [-0.39, 0.29) is 38.5 Å². The van der Waals surface area contributed by atoms with Gasteiger partial charge in [0.1, 0.15) is 19.2 Å². The number of carboxylic acid groups (broad SMARTS) is 1. The summed E-state index contributed by atoms with van der Waals surface area (Å²) in [4.78, 5) is 54.2. The van der Waals surface area contributed by atoms with Crippen LogP contribution in [0.25, 0.3) is 11.1 Å². The minimum absolute atomic E-state index is 0.0937. The molecule has 0 unspecified atom stereocenters. The fraction of sp³-hybridized carbons (Fsp3) is 0.333. The van der Waals surface area contributed by atoms with Gasteiger partial charge in [-0.15, -0.1) is 0 Å². The van der Waals surface area contributed by atoms with Crippen molar-refractivity contribution < 1.29 is 42.2 Å². The molecule has 0 spiro atoms. The summed E-state index contributed by atoms with van der Waals surface area (Å²) in [6, 6.07) is 18.0. The monoisotopic (exact) mass is 663 g/mol. The molecular weight excluding hydrogens is 627 g/mol. The Labute approximate surface area is 276 Å². The molecule has 2 N–H and O–H groups in total. The molecule has 0 bridgehead atoms. The van der Waals surface area contributed by atoms with Crippen LogP contribution in [0, 0.1) is 0 Å². The Morgan fingerprint density at radius 2 is 1.60 bits per heavy atom. The molecular formula is C36H36F3N3O6. The van der Waals surface area contributed by atoms with Crippen molar-refractivity contribution in [3.05, 3.63) is 107 Å². The van der Waals surface area contributed by atoms with Crippen LogP contribution in [0.4, 0.5) is 13.2 Å². The predicted octanol–water partition coefficient (Wildman–Crippen LogP) is 4.65. The molecule has 12 heteroatoms. The van der Waals surface area contributed by atoms with Crippen LogP contribution in [0.3, 0.4) is 0 Å². The molecule has 0 fully saturated rings. The first-order chi connectivity index (χ1) is 22.9. The molecule has 2 amide bonds. The Bertz CT molecular complexity index is 1650. The van der Waals surface area contributed by atoms with E-state index in [1.807, 2.05) is 54.6 Å². The number of amides is 2. The van der Waals surface area contributed by atoms with Crippen molar-refractivity contribution in [2.24, 2.45) is 0 Å². The predicted molar refractivity (Wildman–Crippen MR) is 171 cm³/mol. The SMILES string of the molecule is CN(CC(=O)O)C(=O)[C@H](Cc1ccc(C(F)(F)F)cc1)N1CC/C=C\C[C@H](NCC(=O)OCC2c3ccccc3-c3ccccc32)C1=O. The Balaban J connectivity index is 1.29. The van der Waals surface area contributed by atoms with Crippen LogP contribution in [-0.2, 0) is 36.5 Å². The van der Waals surface area contributed by atoms with E-state index >= 15 is 0 Å². The summed E-state index contributed by atoms with van der Waals surface area (Å²) in [6.45, 7) is -0.715. The zero-order chi connectivity index (χ0) is 34.4. The molecule has 2 atom stereocenters.